The molecule has 5 rings (SSSR count). The molecule has 1 aromatic carbocycles. The first kappa shape index (κ1) is 19.8. The molecule has 0 bridgehead atoms. The van der Waals surface area contributed by atoms with Crippen LogP contribution >= 0.6 is 22.7 Å². The highest BCUT2D eigenvalue weighted by molar-refractivity contribution is 7.13. The Morgan fingerprint density at radius 1 is 1.03 bits per heavy atom. The normalized spacial score (nSPS) is 14.6. The van der Waals surface area contributed by atoms with Crippen molar-refractivity contribution < 1.29 is 9.18 Å². The highest BCUT2D eigenvalue weighted by atomic mass is 32.1. The van der Waals surface area contributed by atoms with E-state index >= 15 is 0 Å². The fraction of sp³-hybridized carbons (Fsp3) is 0.238. The fourth-order valence-electron chi connectivity index (χ4n) is 3.58. The van der Waals surface area contributed by atoms with Crippen molar-refractivity contribution in [2.75, 3.05) is 31.1 Å². The summed E-state index contributed by atoms with van der Waals surface area (Å²) in [6.45, 7) is 2.76. The first-order chi connectivity index (χ1) is 15.2. The molecule has 0 aliphatic carbocycles. The lowest BCUT2D eigenvalue weighted by Crippen LogP contribution is -2.35. The first-order valence-corrected chi connectivity index (χ1v) is 11.7. The van der Waals surface area contributed by atoms with Crippen LogP contribution in [0.15, 0.2) is 53.4 Å². The van der Waals surface area contributed by atoms with Gasteiger partial charge in [-0.15, -0.1) is 27.8 Å². The molecule has 1 aliphatic heterocycles. The van der Waals surface area contributed by atoms with Crippen molar-refractivity contribution in [2.45, 2.75) is 6.42 Å². The minimum atomic E-state index is -0.368. The summed E-state index contributed by atoms with van der Waals surface area (Å²) in [5.41, 5.74) is 0.528. The molecule has 0 unspecified atom stereocenters. The van der Waals surface area contributed by atoms with Gasteiger partial charge >= 0.3 is 0 Å². The Bertz CT molecular complexity index is 1170. The molecule has 3 aromatic heterocycles. The van der Waals surface area contributed by atoms with Crippen LogP contribution in [-0.2, 0) is 0 Å². The zero-order chi connectivity index (χ0) is 21.2. The molecule has 31 heavy (non-hydrogen) atoms. The molecule has 4 aromatic rings. The largest absolute Gasteiger partial charge is 0.346 e. The Balaban J connectivity index is 1.43. The van der Waals surface area contributed by atoms with Gasteiger partial charge in [-0.3, -0.25) is 4.79 Å². The van der Waals surface area contributed by atoms with Crippen LogP contribution in [0.5, 0.6) is 0 Å². The second kappa shape index (κ2) is 8.56. The molecule has 4 heterocycles. The molecule has 0 saturated carbocycles. The van der Waals surface area contributed by atoms with Gasteiger partial charge < -0.3 is 9.80 Å². The predicted molar refractivity (Wildman–Crippen MR) is 119 cm³/mol. The number of carbonyl (C=O) groups is 1. The molecular weight excluding hydrogens is 435 g/mol. The van der Waals surface area contributed by atoms with Gasteiger partial charge in [0.2, 0.25) is 5.82 Å². The summed E-state index contributed by atoms with van der Waals surface area (Å²) in [6, 6.07) is 9.96. The molecule has 1 fully saturated rings. The van der Waals surface area contributed by atoms with Crippen molar-refractivity contribution in [1.82, 2.24) is 24.6 Å². The highest BCUT2D eigenvalue weighted by Crippen LogP contribution is 2.26. The van der Waals surface area contributed by atoms with Crippen LogP contribution in [0.2, 0.25) is 0 Å². The van der Waals surface area contributed by atoms with Gasteiger partial charge in [0.1, 0.15) is 5.82 Å². The number of aromatic nitrogens is 4. The van der Waals surface area contributed by atoms with Crippen molar-refractivity contribution in [3.63, 3.8) is 0 Å². The van der Waals surface area contributed by atoms with E-state index in [1.165, 1.54) is 23.5 Å². The summed E-state index contributed by atoms with van der Waals surface area (Å²) in [5, 5.41) is 9.35. The van der Waals surface area contributed by atoms with E-state index in [9.17, 15) is 9.18 Å². The number of benzene rings is 1. The molecule has 7 nitrogen and oxygen atoms in total. The quantitative estimate of drug-likeness (QED) is 0.467. The topological polar surface area (TPSA) is 67.2 Å². The minimum Gasteiger partial charge on any atom is -0.346 e. The Morgan fingerprint density at radius 2 is 1.97 bits per heavy atom. The average Bonchev–Trinajstić information content (AvgIpc) is 3.53. The Morgan fingerprint density at radius 3 is 2.74 bits per heavy atom. The first-order valence-electron chi connectivity index (χ1n) is 9.89. The molecule has 10 heteroatoms. The molecule has 0 radical (unpaired) electrons. The maximum atomic E-state index is 13.8. The highest BCUT2D eigenvalue weighted by Gasteiger charge is 2.26. The maximum Gasteiger partial charge on any atom is 0.293 e. The van der Waals surface area contributed by atoms with Gasteiger partial charge in [0.15, 0.2) is 11.0 Å². The molecule has 0 spiro atoms. The Hall–Kier alpha value is -3.11. The number of thiazole rings is 1. The second-order valence-corrected chi connectivity index (χ2v) is 8.90. The number of hydrogen-bond acceptors (Lipinski definition) is 7. The third-order valence-electron chi connectivity index (χ3n) is 5.07. The van der Waals surface area contributed by atoms with Crippen molar-refractivity contribution in [3.05, 3.63) is 65.0 Å². The van der Waals surface area contributed by atoms with Crippen molar-refractivity contribution in [1.29, 1.82) is 0 Å². The van der Waals surface area contributed by atoms with E-state index in [-0.39, 0.29) is 17.5 Å². The third-order valence-corrected chi connectivity index (χ3v) is 6.76. The lowest BCUT2D eigenvalue weighted by molar-refractivity contribution is 0.0755. The van der Waals surface area contributed by atoms with E-state index in [1.807, 2.05) is 22.9 Å². The zero-order valence-corrected chi connectivity index (χ0v) is 18.2. The second-order valence-electron chi connectivity index (χ2n) is 7.08. The number of thiophene rings is 1. The van der Waals surface area contributed by atoms with Crippen LogP contribution in [0.4, 0.5) is 9.52 Å². The summed E-state index contributed by atoms with van der Waals surface area (Å²) >= 11 is 3.10. The third kappa shape index (κ3) is 4.08. The smallest absolute Gasteiger partial charge is 0.293 e. The van der Waals surface area contributed by atoms with Gasteiger partial charge in [0.05, 0.1) is 10.6 Å². The van der Waals surface area contributed by atoms with E-state index in [2.05, 4.69) is 20.0 Å². The SMILES string of the molecule is O=C(c1nc(-c2cccs2)n(-c2cccc(F)c2)n1)N1CCCN(c2nccs2)CC1. The lowest BCUT2D eigenvalue weighted by atomic mass is 10.3. The number of amides is 1. The van der Waals surface area contributed by atoms with Crippen LogP contribution in [0.25, 0.3) is 16.4 Å². The molecule has 158 valence electrons. The summed E-state index contributed by atoms with van der Waals surface area (Å²) in [4.78, 5) is 27.1. The van der Waals surface area contributed by atoms with Crippen LogP contribution in [-0.4, -0.2) is 56.7 Å². The van der Waals surface area contributed by atoms with Gasteiger partial charge in [-0.25, -0.2) is 19.0 Å². The number of rotatable bonds is 4. The minimum absolute atomic E-state index is 0.121. The molecule has 1 aliphatic rings. The van der Waals surface area contributed by atoms with Crippen LogP contribution in [0.3, 0.4) is 0 Å². The van der Waals surface area contributed by atoms with Crippen molar-refractivity contribution in [2.24, 2.45) is 0 Å². The van der Waals surface area contributed by atoms with Crippen molar-refractivity contribution in [3.8, 4) is 16.4 Å². The van der Waals surface area contributed by atoms with Gasteiger partial charge in [0, 0.05) is 37.8 Å². The Kier molecular flexibility index (Phi) is 5.47. The number of halogens is 1. The number of anilines is 1. The predicted octanol–water partition coefficient (Wildman–Crippen LogP) is 3.94. The molecule has 0 N–H and O–H groups in total. The Labute approximate surface area is 186 Å². The summed E-state index contributed by atoms with van der Waals surface area (Å²) in [5.74, 6) is 0.0697. The number of carbonyl (C=O) groups excluding carboxylic acids is 1. The van der Waals surface area contributed by atoms with Gasteiger partial charge in [-0.2, -0.15) is 0 Å². The van der Waals surface area contributed by atoms with Gasteiger partial charge in [-0.05, 0) is 36.1 Å². The molecule has 1 amide bonds. The van der Waals surface area contributed by atoms with Gasteiger partial charge in [-0.1, -0.05) is 12.1 Å². The van der Waals surface area contributed by atoms with Gasteiger partial charge in [0.25, 0.3) is 5.91 Å². The number of hydrogen-bond donors (Lipinski definition) is 0. The summed E-state index contributed by atoms with van der Waals surface area (Å²) in [7, 11) is 0. The fourth-order valence-corrected chi connectivity index (χ4v) is 4.98. The van der Waals surface area contributed by atoms with E-state index in [0.29, 0.717) is 31.1 Å². The van der Waals surface area contributed by atoms with E-state index in [4.69, 9.17) is 0 Å². The van der Waals surface area contributed by atoms with Crippen LogP contribution in [0, 0.1) is 5.82 Å². The maximum absolute atomic E-state index is 13.8. The van der Waals surface area contributed by atoms with Crippen molar-refractivity contribution >= 4 is 33.7 Å². The van der Waals surface area contributed by atoms with Crippen LogP contribution in [0.1, 0.15) is 17.0 Å². The molecule has 1 saturated heterocycles. The molecular formula is C21H19FN6OS2. The van der Waals surface area contributed by atoms with E-state index in [0.717, 1.165) is 23.0 Å². The lowest BCUT2D eigenvalue weighted by Gasteiger charge is -2.20. The number of nitrogens with zero attached hydrogens (tertiary/aromatic N) is 6. The average molecular weight is 455 g/mol. The van der Waals surface area contributed by atoms with E-state index in [1.54, 1.807) is 39.2 Å². The summed E-state index contributed by atoms with van der Waals surface area (Å²) in [6.07, 6.45) is 2.64. The van der Waals surface area contributed by atoms with E-state index < -0.39 is 0 Å². The summed E-state index contributed by atoms with van der Waals surface area (Å²) < 4.78 is 15.4. The zero-order valence-electron chi connectivity index (χ0n) is 16.5. The standard InChI is InChI=1S/C21H19FN6OS2/c22-15-4-1-5-16(14-15)28-19(17-6-2-12-30-17)24-18(25-28)20(29)26-8-3-9-27(11-10-26)21-23-7-13-31-21/h1-2,4-7,12-14H,3,8-11H2. The monoisotopic (exact) mass is 454 g/mol. The van der Waals surface area contributed by atoms with Crippen LogP contribution < -0.4 is 4.90 Å². The molecule has 0 atom stereocenters.